The van der Waals surface area contributed by atoms with Crippen molar-refractivity contribution in [2.75, 3.05) is 10.6 Å². The smallest absolute Gasteiger partial charge is 0.269 e. The Morgan fingerprint density at radius 1 is 0.879 bits per heavy atom. The van der Waals surface area contributed by atoms with Crippen molar-refractivity contribution in [2.24, 2.45) is 0 Å². The zero-order chi connectivity index (χ0) is 23.8. The maximum Gasteiger partial charge on any atom is 0.269 e. The third-order valence-corrected chi connectivity index (χ3v) is 7.50. The van der Waals surface area contributed by atoms with Crippen LogP contribution in [0.2, 0.25) is 0 Å². The number of anilines is 2. The number of benzene rings is 3. The van der Waals surface area contributed by atoms with Gasteiger partial charge >= 0.3 is 0 Å². The molecule has 0 spiro atoms. The summed E-state index contributed by atoms with van der Waals surface area (Å²) in [6.45, 7) is 5.33. The highest BCUT2D eigenvalue weighted by Crippen LogP contribution is 2.32. The van der Waals surface area contributed by atoms with Gasteiger partial charge < -0.3 is 10.6 Å². The summed E-state index contributed by atoms with van der Waals surface area (Å²) in [5, 5.41) is 6.18. The highest BCUT2D eigenvalue weighted by atomic mass is 32.2. The lowest BCUT2D eigenvalue weighted by Crippen LogP contribution is -2.36. The predicted octanol–water partition coefficient (Wildman–Crippen LogP) is 4.66. The van der Waals surface area contributed by atoms with E-state index in [0.717, 1.165) is 15.6 Å². The minimum atomic E-state index is -3.97. The number of hydrogen-bond acceptors (Lipinski definition) is 5. The van der Waals surface area contributed by atoms with E-state index in [2.05, 4.69) is 29.7 Å². The number of sulfonamides is 1. The molecule has 7 nitrogen and oxygen atoms in total. The fraction of sp³-hybridized carbons (Fsp3) is 0.200. The van der Waals surface area contributed by atoms with E-state index in [9.17, 15) is 18.0 Å². The molecule has 1 atom stereocenters. The van der Waals surface area contributed by atoms with E-state index in [1.54, 1.807) is 26.0 Å². The van der Waals surface area contributed by atoms with Crippen molar-refractivity contribution < 1.29 is 18.0 Å². The molecule has 4 rings (SSSR count). The Labute approximate surface area is 193 Å². The summed E-state index contributed by atoms with van der Waals surface area (Å²) < 4.78 is 26.4. The van der Waals surface area contributed by atoms with Crippen LogP contribution in [-0.4, -0.2) is 30.6 Å². The van der Waals surface area contributed by atoms with Crippen LogP contribution in [0.1, 0.15) is 53.1 Å². The van der Waals surface area contributed by atoms with Crippen molar-refractivity contribution in [3.05, 3.63) is 89.5 Å². The molecule has 1 heterocycles. The van der Waals surface area contributed by atoms with Gasteiger partial charge in [0, 0.05) is 29.0 Å². The SMILES string of the molecule is CC(Nc1ccc(NC(=O)c2ccc3c(c2)S(=O)(=O)N(C(C)C)C3=O)cc1)c1ccccc1. The molecule has 170 valence electrons. The number of carbonyl (C=O) groups excluding carboxylic acids is 2. The summed E-state index contributed by atoms with van der Waals surface area (Å²) in [6, 6.07) is 21.1. The molecule has 3 aromatic carbocycles. The van der Waals surface area contributed by atoms with Crippen LogP contribution in [0, 0.1) is 0 Å². The summed E-state index contributed by atoms with van der Waals surface area (Å²) in [5.41, 5.74) is 2.89. The van der Waals surface area contributed by atoms with Crippen LogP contribution < -0.4 is 10.6 Å². The highest BCUT2D eigenvalue weighted by molar-refractivity contribution is 7.90. The van der Waals surface area contributed by atoms with E-state index in [1.165, 1.54) is 18.2 Å². The topological polar surface area (TPSA) is 95.6 Å². The van der Waals surface area contributed by atoms with Gasteiger partial charge in [0.25, 0.3) is 21.8 Å². The Kier molecular flexibility index (Phi) is 5.95. The molecule has 0 saturated heterocycles. The zero-order valence-corrected chi connectivity index (χ0v) is 19.4. The molecular formula is C25H25N3O4S. The molecule has 1 aliphatic rings. The third kappa shape index (κ3) is 4.34. The quantitative estimate of drug-likeness (QED) is 0.554. The van der Waals surface area contributed by atoms with Gasteiger partial charge in [-0.25, -0.2) is 12.7 Å². The molecule has 0 aromatic heterocycles. The van der Waals surface area contributed by atoms with Gasteiger partial charge in [0.1, 0.15) is 4.90 Å². The molecule has 33 heavy (non-hydrogen) atoms. The van der Waals surface area contributed by atoms with Crippen LogP contribution in [-0.2, 0) is 10.0 Å². The van der Waals surface area contributed by atoms with E-state index in [1.807, 2.05) is 30.3 Å². The number of carbonyl (C=O) groups is 2. The van der Waals surface area contributed by atoms with Crippen molar-refractivity contribution in [1.29, 1.82) is 0 Å². The van der Waals surface area contributed by atoms with Crippen molar-refractivity contribution in [1.82, 2.24) is 4.31 Å². The van der Waals surface area contributed by atoms with Crippen molar-refractivity contribution in [2.45, 2.75) is 37.8 Å². The van der Waals surface area contributed by atoms with Gasteiger partial charge in [0.2, 0.25) is 0 Å². The second kappa shape index (κ2) is 8.71. The number of nitrogens with zero attached hydrogens (tertiary/aromatic N) is 1. The minimum absolute atomic E-state index is 0.0863. The first-order chi connectivity index (χ1) is 15.7. The van der Waals surface area contributed by atoms with E-state index < -0.39 is 27.9 Å². The fourth-order valence-electron chi connectivity index (χ4n) is 3.83. The molecule has 1 unspecified atom stereocenters. The van der Waals surface area contributed by atoms with Crippen LogP contribution in [0.25, 0.3) is 0 Å². The summed E-state index contributed by atoms with van der Waals surface area (Å²) in [7, 11) is -3.97. The molecule has 0 fully saturated rings. The molecule has 0 saturated carbocycles. The molecule has 8 heteroatoms. The van der Waals surface area contributed by atoms with Gasteiger partial charge in [-0.05, 0) is 68.8 Å². The number of rotatable bonds is 6. The lowest BCUT2D eigenvalue weighted by atomic mass is 10.1. The van der Waals surface area contributed by atoms with Gasteiger partial charge in [0.05, 0.1) is 5.56 Å². The molecule has 0 bridgehead atoms. The van der Waals surface area contributed by atoms with Crippen LogP contribution in [0.15, 0.2) is 77.7 Å². The largest absolute Gasteiger partial charge is 0.379 e. The lowest BCUT2D eigenvalue weighted by molar-refractivity contribution is 0.0846. The average Bonchev–Trinajstić information content (AvgIpc) is 3.00. The Hall–Kier alpha value is -3.65. The second-order valence-electron chi connectivity index (χ2n) is 8.22. The molecule has 2 amide bonds. The van der Waals surface area contributed by atoms with Gasteiger partial charge in [-0.2, -0.15) is 0 Å². The van der Waals surface area contributed by atoms with Gasteiger partial charge in [0.15, 0.2) is 0 Å². The normalized spacial score (nSPS) is 15.3. The van der Waals surface area contributed by atoms with E-state index in [4.69, 9.17) is 0 Å². The summed E-state index contributed by atoms with van der Waals surface area (Å²) >= 11 is 0. The number of hydrogen-bond donors (Lipinski definition) is 2. The Balaban J connectivity index is 1.48. The zero-order valence-electron chi connectivity index (χ0n) is 18.6. The Morgan fingerprint density at radius 2 is 1.52 bits per heavy atom. The number of amides is 2. The first kappa shape index (κ1) is 22.5. The van der Waals surface area contributed by atoms with Crippen molar-refractivity contribution >= 4 is 33.2 Å². The standard InChI is InChI=1S/C25H25N3O4S/c1-16(2)28-25(30)22-14-9-19(15-23(22)33(28,31)32)24(29)27-21-12-10-20(11-13-21)26-17(3)18-7-5-4-6-8-18/h4-17,26H,1-3H3,(H,27,29). The first-order valence-electron chi connectivity index (χ1n) is 10.6. The minimum Gasteiger partial charge on any atom is -0.379 e. The maximum absolute atomic E-state index is 12.8. The Morgan fingerprint density at radius 3 is 2.15 bits per heavy atom. The fourth-order valence-corrected chi connectivity index (χ4v) is 5.62. The van der Waals surface area contributed by atoms with Crippen LogP contribution in [0.3, 0.4) is 0 Å². The van der Waals surface area contributed by atoms with Gasteiger partial charge in [-0.15, -0.1) is 0 Å². The van der Waals surface area contributed by atoms with E-state index in [0.29, 0.717) is 5.69 Å². The summed E-state index contributed by atoms with van der Waals surface area (Å²) in [4.78, 5) is 25.1. The lowest BCUT2D eigenvalue weighted by Gasteiger charge is -2.18. The molecule has 0 radical (unpaired) electrons. The third-order valence-electron chi connectivity index (χ3n) is 5.51. The monoisotopic (exact) mass is 463 g/mol. The van der Waals surface area contributed by atoms with E-state index in [-0.39, 0.29) is 22.1 Å². The van der Waals surface area contributed by atoms with Crippen LogP contribution in [0.5, 0.6) is 0 Å². The molecule has 3 aromatic rings. The van der Waals surface area contributed by atoms with Crippen LogP contribution >= 0.6 is 0 Å². The number of fused-ring (bicyclic) bond motifs is 1. The Bertz CT molecular complexity index is 1300. The number of nitrogens with one attached hydrogen (secondary N) is 2. The summed E-state index contributed by atoms with van der Waals surface area (Å²) in [6.07, 6.45) is 0. The maximum atomic E-state index is 12.8. The predicted molar refractivity (Wildman–Crippen MR) is 128 cm³/mol. The second-order valence-corrected chi connectivity index (χ2v) is 10.0. The molecule has 1 aliphatic heterocycles. The molecular weight excluding hydrogens is 438 g/mol. The van der Waals surface area contributed by atoms with Crippen molar-refractivity contribution in [3.63, 3.8) is 0 Å². The van der Waals surface area contributed by atoms with Crippen molar-refractivity contribution in [3.8, 4) is 0 Å². The van der Waals surface area contributed by atoms with Crippen LogP contribution in [0.4, 0.5) is 11.4 Å². The molecule has 2 N–H and O–H groups in total. The highest BCUT2D eigenvalue weighted by Gasteiger charge is 2.42. The van der Waals surface area contributed by atoms with E-state index >= 15 is 0 Å². The summed E-state index contributed by atoms with van der Waals surface area (Å²) in [5.74, 6) is -1.03. The van der Waals surface area contributed by atoms with Gasteiger partial charge in [-0.1, -0.05) is 30.3 Å². The molecule has 0 aliphatic carbocycles. The average molecular weight is 464 g/mol. The van der Waals surface area contributed by atoms with Gasteiger partial charge in [-0.3, -0.25) is 9.59 Å². The first-order valence-corrected chi connectivity index (χ1v) is 12.1.